The quantitative estimate of drug-likeness (QED) is 0.221. The molecule has 0 aliphatic rings. The fraction of sp³-hybridized carbons (Fsp3) is 0.257. The van der Waals surface area contributed by atoms with Crippen LogP contribution in [-0.2, 0) is 32.6 Å². The van der Waals surface area contributed by atoms with Crippen LogP contribution in [0.25, 0.3) is 0 Å². The van der Waals surface area contributed by atoms with Gasteiger partial charge in [0.25, 0.3) is 10.0 Å². The lowest BCUT2D eigenvalue weighted by Gasteiger charge is -2.34. The molecule has 4 aromatic carbocycles. The maximum Gasteiger partial charge on any atom is 0.264 e. The van der Waals surface area contributed by atoms with E-state index >= 15 is 0 Å². The smallest absolute Gasteiger partial charge is 0.264 e. The van der Waals surface area contributed by atoms with E-state index in [0.29, 0.717) is 12.4 Å². The van der Waals surface area contributed by atoms with Crippen LogP contribution in [0.2, 0.25) is 0 Å². The van der Waals surface area contributed by atoms with Gasteiger partial charge in [-0.1, -0.05) is 84.4 Å². The normalized spacial score (nSPS) is 11.8. The largest absolute Gasteiger partial charge is 0.492 e. The third kappa shape index (κ3) is 7.65. The lowest BCUT2D eigenvalue weighted by atomic mass is 10.0. The van der Waals surface area contributed by atoms with Crippen LogP contribution in [0.15, 0.2) is 108 Å². The van der Waals surface area contributed by atoms with Crippen molar-refractivity contribution in [1.82, 2.24) is 10.2 Å². The van der Waals surface area contributed by atoms with Gasteiger partial charge in [-0.15, -0.1) is 0 Å². The predicted molar refractivity (Wildman–Crippen MR) is 173 cm³/mol. The number of anilines is 1. The van der Waals surface area contributed by atoms with E-state index in [1.807, 2.05) is 75.4 Å². The SMILES string of the molecule is CCOc1ccccc1N(CC(=O)N(Cc1ccccc1C)C(Cc1ccccc1)C(=O)NC)S(=O)(=O)c1ccc(C)cc1. The maximum atomic E-state index is 14.5. The molecule has 8 nitrogen and oxygen atoms in total. The van der Waals surface area contributed by atoms with E-state index in [-0.39, 0.29) is 29.5 Å². The van der Waals surface area contributed by atoms with E-state index in [1.165, 1.54) is 24.1 Å². The lowest BCUT2D eigenvalue weighted by Crippen LogP contribution is -2.53. The Kier molecular flexibility index (Phi) is 10.8. The minimum Gasteiger partial charge on any atom is -0.492 e. The molecule has 0 aromatic heterocycles. The molecule has 0 bridgehead atoms. The van der Waals surface area contributed by atoms with Crippen LogP contribution in [0, 0.1) is 13.8 Å². The molecule has 44 heavy (non-hydrogen) atoms. The number of sulfonamides is 1. The summed E-state index contributed by atoms with van der Waals surface area (Å²) in [4.78, 5) is 29.4. The van der Waals surface area contributed by atoms with E-state index < -0.39 is 28.5 Å². The number of aryl methyl sites for hydroxylation is 2. The summed E-state index contributed by atoms with van der Waals surface area (Å²) in [5, 5.41) is 2.71. The first-order valence-corrected chi connectivity index (χ1v) is 16.0. The Morgan fingerprint density at radius 2 is 1.48 bits per heavy atom. The average molecular weight is 614 g/mol. The molecule has 9 heteroatoms. The molecule has 0 fully saturated rings. The number of carbonyl (C=O) groups excluding carboxylic acids is 2. The summed E-state index contributed by atoms with van der Waals surface area (Å²) in [6, 6.07) is 29.4. The third-order valence-corrected chi connectivity index (χ3v) is 9.22. The molecule has 0 radical (unpaired) electrons. The molecule has 1 atom stereocenters. The molecular formula is C35H39N3O5S. The molecule has 0 saturated carbocycles. The van der Waals surface area contributed by atoms with Gasteiger partial charge in [0.1, 0.15) is 18.3 Å². The molecule has 4 rings (SSSR count). The van der Waals surface area contributed by atoms with Gasteiger partial charge < -0.3 is 15.0 Å². The van der Waals surface area contributed by atoms with Crippen LogP contribution in [0.1, 0.15) is 29.2 Å². The van der Waals surface area contributed by atoms with E-state index in [4.69, 9.17) is 4.74 Å². The Morgan fingerprint density at radius 1 is 0.841 bits per heavy atom. The predicted octanol–water partition coefficient (Wildman–Crippen LogP) is 5.28. The summed E-state index contributed by atoms with van der Waals surface area (Å²) >= 11 is 0. The number of hydrogen-bond acceptors (Lipinski definition) is 5. The van der Waals surface area contributed by atoms with E-state index in [9.17, 15) is 18.0 Å². The molecule has 230 valence electrons. The van der Waals surface area contributed by atoms with Crippen LogP contribution >= 0.6 is 0 Å². The van der Waals surface area contributed by atoms with Crippen LogP contribution < -0.4 is 14.4 Å². The number of nitrogens with zero attached hydrogens (tertiary/aromatic N) is 2. The van der Waals surface area contributed by atoms with Gasteiger partial charge in [0, 0.05) is 20.0 Å². The van der Waals surface area contributed by atoms with Gasteiger partial charge >= 0.3 is 0 Å². The van der Waals surface area contributed by atoms with Gasteiger partial charge in [-0.05, 0) is 61.7 Å². The second-order valence-corrected chi connectivity index (χ2v) is 12.4. The average Bonchev–Trinajstić information content (AvgIpc) is 3.03. The zero-order valence-electron chi connectivity index (χ0n) is 25.6. The molecule has 2 amide bonds. The van der Waals surface area contributed by atoms with E-state index in [2.05, 4.69) is 5.32 Å². The van der Waals surface area contributed by atoms with E-state index in [1.54, 1.807) is 36.4 Å². The first kappa shape index (κ1) is 32.3. The standard InChI is InChI=1S/C35H39N3O5S/c1-5-43-33-18-12-11-17-31(33)38(44(41,42)30-21-19-26(2)20-22-30)25-34(39)37(24-29-16-10-9-13-27(29)3)32(35(40)36-4)23-28-14-7-6-8-15-28/h6-22,32H,5,23-25H2,1-4H3,(H,36,40). The van der Waals surface area contributed by atoms with Crippen molar-refractivity contribution in [1.29, 1.82) is 0 Å². The van der Waals surface area contributed by atoms with Crippen molar-refractivity contribution in [3.63, 3.8) is 0 Å². The highest BCUT2D eigenvalue weighted by molar-refractivity contribution is 7.92. The second kappa shape index (κ2) is 14.7. The first-order chi connectivity index (χ1) is 21.1. The number of benzene rings is 4. The molecule has 1 N–H and O–H groups in total. The number of likely N-dealkylation sites (N-methyl/N-ethyl adjacent to an activating group) is 1. The Bertz CT molecular complexity index is 1670. The number of hydrogen-bond donors (Lipinski definition) is 1. The van der Waals surface area contributed by atoms with Gasteiger partial charge in [-0.25, -0.2) is 8.42 Å². The van der Waals surface area contributed by atoms with Crippen molar-refractivity contribution in [3.8, 4) is 5.75 Å². The highest BCUT2D eigenvalue weighted by Gasteiger charge is 2.35. The molecule has 0 saturated heterocycles. The van der Waals surface area contributed by atoms with Crippen molar-refractivity contribution >= 4 is 27.5 Å². The summed E-state index contributed by atoms with van der Waals surface area (Å²) in [6.45, 7) is 5.49. The van der Waals surface area contributed by atoms with E-state index in [0.717, 1.165) is 26.6 Å². The molecule has 0 aliphatic carbocycles. The molecule has 1 unspecified atom stereocenters. The highest BCUT2D eigenvalue weighted by atomic mass is 32.2. The van der Waals surface area contributed by atoms with Crippen molar-refractivity contribution in [2.45, 2.75) is 44.7 Å². The summed E-state index contributed by atoms with van der Waals surface area (Å²) in [5.74, 6) is -0.547. The minimum atomic E-state index is -4.23. The fourth-order valence-electron chi connectivity index (χ4n) is 4.98. The fourth-order valence-corrected chi connectivity index (χ4v) is 6.41. The molecule has 0 heterocycles. The zero-order valence-corrected chi connectivity index (χ0v) is 26.4. The number of amides is 2. The summed E-state index contributed by atoms with van der Waals surface area (Å²) in [6.07, 6.45) is 0.248. The molecular weight excluding hydrogens is 574 g/mol. The lowest BCUT2D eigenvalue weighted by molar-refractivity contribution is -0.139. The first-order valence-electron chi connectivity index (χ1n) is 14.6. The topological polar surface area (TPSA) is 96.0 Å². The van der Waals surface area contributed by atoms with Gasteiger partial charge in [-0.3, -0.25) is 13.9 Å². The highest BCUT2D eigenvalue weighted by Crippen LogP contribution is 2.33. The molecule has 0 spiro atoms. The van der Waals surface area contributed by atoms with Crippen molar-refractivity contribution in [2.75, 3.05) is 24.5 Å². The molecule has 0 aliphatic heterocycles. The number of carbonyl (C=O) groups is 2. The summed E-state index contributed by atoms with van der Waals surface area (Å²) in [5.41, 5.74) is 3.81. The van der Waals surface area contributed by atoms with Crippen LogP contribution in [0.4, 0.5) is 5.69 Å². The Labute approximate surface area is 260 Å². The van der Waals surface area contributed by atoms with Gasteiger partial charge in [0.15, 0.2) is 0 Å². The van der Waals surface area contributed by atoms with Gasteiger partial charge in [0.05, 0.1) is 17.2 Å². The van der Waals surface area contributed by atoms with Crippen LogP contribution in [-0.4, -0.2) is 51.4 Å². The summed E-state index contributed by atoms with van der Waals surface area (Å²) in [7, 11) is -2.70. The zero-order chi connectivity index (χ0) is 31.7. The Balaban J connectivity index is 1.83. The minimum absolute atomic E-state index is 0.0415. The van der Waals surface area contributed by atoms with Crippen LogP contribution in [0.3, 0.4) is 0 Å². The summed E-state index contributed by atoms with van der Waals surface area (Å²) < 4.78 is 35.4. The number of nitrogens with one attached hydrogen (secondary N) is 1. The number of rotatable bonds is 13. The third-order valence-electron chi connectivity index (χ3n) is 7.44. The van der Waals surface area contributed by atoms with Crippen molar-refractivity contribution in [3.05, 3.63) is 125 Å². The van der Waals surface area contributed by atoms with Crippen molar-refractivity contribution in [2.24, 2.45) is 0 Å². The van der Waals surface area contributed by atoms with Crippen LogP contribution in [0.5, 0.6) is 5.75 Å². The monoisotopic (exact) mass is 613 g/mol. The van der Waals surface area contributed by atoms with Crippen molar-refractivity contribution < 1.29 is 22.7 Å². The Hall–Kier alpha value is -4.63. The Morgan fingerprint density at radius 3 is 2.14 bits per heavy atom. The second-order valence-electron chi connectivity index (χ2n) is 10.5. The van der Waals surface area contributed by atoms with Gasteiger partial charge in [-0.2, -0.15) is 0 Å². The van der Waals surface area contributed by atoms with Gasteiger partial charge in [0.2, 0.25) is 11.8 Å². The maximum absolute atomic E-state index is 14.5. The number of para-hydroxylation sites is 2. The molecule has 4 aromatic rings. The number of ether oxygens (including phenoxy) is 1.